The van der Waals surface area contributed by atoms with E-state index in [2.05, 4.69) is 0 Å². The van der Waals surface area contributed by atoms with Crippen LogP contribution in [0, 0.1) is 0 Å². The summed E-state index contributed by atoms with van der Waals surface area (Å²) in [5.74, 6) is 0.684. The SMILES string of the molecule is COc1ccc(C=C(CO)B2OC(C)(C)C(C)(C)O2)c(Cl)c1. The molecule has 1 aromatic rings. The molecule has 2 rings (SSSR count). The molecule has 0 amide bonds. The van der Waals surface area contributed by atoms with Crippen molar-refractivity contribution in [3.63, 3.8) is 0 Å². The molecule has 1 saturated heterocycles. The fraction of sp³-hybridized carbons (Fsp3) is 0.500. The molecule has 1 N–H and O–H groups in total. The third kappa shape index (κ3) is 3.33. The van der Waals surface area contributed by atoms with Crippen molar-refractivity contribution in [1.29, 1.82) is 0 Å². The summed E-state index contributed by atoms with van der Waals surface area (Å²) in [7, 11) is 0.998. The lowest BCUT2D eigenvalue weighted by Crippen LogP contribution is -2.41. The number of aliphatic hydroxyl groups excluding tert-OH is 1. The summed E-state index contributed by atoms with van der Waals surface area (Å²) >= 11 is 6.24. The normalized spacial score (nSPS) is 20.3. The predicted octanol–water partition coefficient (Wildman–Crippen LogP) is 3.36. The molecule has 1 heterocycles. The Labute approximate surface area is 137 Å². The standard InChI is InChI=1S/C16H22BClO4/c1-15(2)16(3,4)22-17(21-15)12(10-19)8-11-6-7-13(20-5)9-14(11)18/h6-9,19H,10H2,1-5H3. The zero-order valence-corrected chi connectivity index (χ0v) is 14.4. The number of rotatable bonds is 4. The number of hydrogen-bond donors (Lipinski definition) is 1. The van der Waals surface area contributed by atoms with E-state index >= 15 is 0 Å². The molecular weight excluding hydrogens is 302 g/mol. The van der Waals surface area contributed by atoms with Gasteiger partial charge in [0.15, 0.2) is 0 Å². The van der Waals surface area contributed by atoms with E-state index in [1.54, 1.807) is 19.3 Å². The van der Waals surface area contributed by atoms with Gasteiger partial charge in [-0.2, -0.15) is 0 Å². The molecule has 6 heteroatoms. The van der Waals surface area contributed by atoms with Gasteiger partial charge >= 0.3 is 7.12 Å². The van der Waals surface area contributed by atoms with Crippen molar-refractivity contribution >= 4 is 24.8 Å². The van der Waals surface area contributed by atoms with Crippen LogP contribution in [-0.2, 0) is 9.31 Å². The zero-order valence-electron chi connectivity index (χ0n) is 13.6. The molecule has 0 aliphatic carbocycles. The summed E-state index contributed by atoms with van der Waals surface area (Å²) in [5.41, 5.74) is 0.512. The van der Waals surface area contributed by atoms with Crippen LogP contribution in [0.4, 0.5) is 0 Å². The Morgan fingerprint density at radius 1 is 1.27 bits per heavy atom. The molecule has 4 nitrogen and oxygen atoms in total. The Kier molecular flexibility index (Phi) is 4.92. The smallest absolute Gasteiger partial charge is 0.492 e. The van der Waals surface area contributed by atoms with Gasteiger partial charge in [-0.3, -0.25) is 0 Å². The van der Waals surface area contributed by atoms with E-state index in [-0.39, 0.29) is 6.61 Å². The average molecular weight is 325 g/mol. The fourth-order valence-electron chi connectivity index (χ4n) is 2.13. The van der Waals surface area contributed by atoms with Crippen molar-refractivity contribution in [1.82, 2.24) is 0 Å². The number of aliphatic hydroxyl groups is 1. The Morgan fingerprint density at radius 3 is 2.32 bits per heavy atom. The minimum atomic E-state index is -0.590. The summed E-state index contributed by atoms with van der Waals surface area (Å²) in [6.07, 6.45) is 1.80. The highest BCUT2D eigenvalue weighted by molar-refractivity contribution is 6.56. The Balaban J connectivity index is 2.29. The molecule has 22 heavy (non-hydrogen) atoms. The lowest BCUT2D eigenvalue weighted by Gasteiger charge is -2.32. The highest BCUT2D eigenvalue weighted by Gasteiger charge is 2.52. The van der Waals surface area contributed by atoms with Crippen LogP contribution in [0.1, 0.15) is 33.3 Å². The zero-order chi connectivity index (χ0) is 16.5. The van der Waals surface area contributed by atoms with Crippen LogP contribution in [0.25, 0.3) is 6.08 Å². The van der Waals surface area contributed by atoms with Crippen LogP contribution < -0.4 is 4.74 Å². The van der Waals surface area contributed by atoms with E-state index in [0.717, 1.165) is 5.56 Å². The fourth-order valence-corrected chi connectivity index (χ4v) is 2.36. The van der Waals surface area contributed by atoms with Gasteiger partial charge < -0.3 is 19.2 Å². The minimum Gasteiger partial charge on any atom is -0.497 e. The molecule has 0 saturated carbocycles. The van der Waals surface area contributed by atoms with Gasteiger partial charge in [-0.15, -0.1) is 0 Å². The van der Waals surface area contributed by atoms with Crippen LogP contribution in [0.2, 0.25) is 5.02 Å². The molecule has 0 aromatic heterocycles. The second-order valence-electron chi connectivity index (χ2n) is 6.35. The largest absolute Gasteiger partial charge is 0.497 e. The number of halogens is 1. The molecule has 1 aliphatic rings. The maximum Gasteiger partial charge on any atom is 0.492 e. The van der Waals surface area contributed by atoms with Crippen molar-refractivity contribution < 1.29 is 19.2 Å². The van der Waals surface area contributed by atoms with Crippen molar-refractivity contribution in [3.05, 3.63) is 34.3 Å². The highest BCUT2D eigenvalue weighted by atomic mass is 35.5. The molecule has 0 atom stereocenters. The van der Waals surface area contributed by atoms with Gasteiger partial charge in [-0.05, 0) is 56.9 Å². The van der Waals surface area contributed by atoms with E-state index in [9.17, 15) is 5.11 Å². The summed E-state index contributed by atoms with van der Waals surface area (Å²) in [6, 6.07) is 5.38. The number of methoxy groups -OCH3 is 1. The second kappa shape index (κ2) is 6.24. The lowest BCUT2D eigenvalue weighted by atomic mass is 9.77. The van der Waals surface area contributed by atoms with Gasteiger partial charge in [0, 0.05) is 0 Å². The van der Waals surface area contributed by atoms with E-state index in [1.807, 2.05) is 39.8 Å². The van der Waals surface area contributed by atoms with Gasteiger partial charge in [0.25, 0.3) is 0 Å². The second-order valence-corrected chi connectivity index (χ2v) is 6.76. The van der Waals surface area contributed by atoms with Crippen molar-refractivity contribution in [2.75, 3.05) is 13.7 Å². The monoisotopic (exact) mass is 324 g/mol. The number of hydrogen-bond acceptors (Lipinski definition) is 4. The predicted molar refractivity (Wildman–Crippen MR) is 89.1 cm³/mol. The lowest BCUT2D eigenvalue weighted by molar-refractivity contribution is 0.00578. The van der Waals surface area contributed by atoms with Gasteiger partial charge in [0.05, 0.1) is 29.9 Å². The third-order valence-corrected chi connectivity index (χ3v) is 4.61. The first kappa shape index (κ1) is 17.4. The molecule has 1 aromatic carbocycles. The Bertz CT molecular complexity index is 568. The van der Waals surface area contributed by atoms with Crippen LogP contribution in [-0.4, -0.2) is 37.1 Å². The molecule has 1 fully saturated rings. The van der Waals surface area contributed by atoms with Gasteiger partial charge in [-0.1, -0.05) is 17.7 Å². The summed E-state index contributed by atoms with van der Waals surface area (Å²) in [5, 5.41) is 10.2. The molecular formula is C16H22BClO4. The first-order valence-electron chi connectivity index (χ1n) is 7.20. The van der Waals surface area contributed by atoms with Crippen molar-refractivity contribution in [2.24, 2.45) is 0 Å². The highest BCUT2D eigenvalue weighted by Crippen LogP contribution is 2.39. The van der Waals surface area contributed by atoms with Crippen LogP contribution in [0.15, 0.2) is 23.7 Å². The summed E-state index contributed by atoms with van der Waals surface area (Å²) in [4.78, 5) is 0. The van der Waals surface area contributed by atoms with E-state index < -0.39 is 18.3 Å². The van der Waals surface area contributed by atoms with Crippen molar-refractivity contribution in [2.45, 2.75) is 38.9 Å². The van der Waals surface area contributed by atoms with Gasteiger partial charge in [-0.25, -0.2) is 0 Å². The molecule has 120 valence electrons. The molecule has 0 radical (unpaired) electrons. The molecule has 0 spiro atoms. The van der Waals surface area contributed by atoms with E-state index in [0.29, 0.717) is 16.2 Å². The maximum atomic E-state index is 9.68. The van der Waals surface area contributed by atoms with Gasteiger partial charge in [0.2, 0.25) is 0 Å². The van der Waals surface area contributed by atoms with Crippen LogP contribution in [0.5, 0.6) is 5.75 Å². The van der Waals surface area contributed by atoms with E-state index in [4.69, 9.17) is 25.6 Å². The van der Waals surface area contributed by atoms with Gasteiger partial charge in [0.1, 0.15) is 5.75 Å². The van der Waals surface area contributed by atoms with Crippen molar-refractivity contribution in [3.8, 4) is 5.75 Å². The topological polar surface area (TPSA) is 47.9 Å². The first-order valence-corrected chi connectivity index (χ1v) is 7.58. The Morgan fingerprint density at radius 2 is 1.86 bits per heavy atom. The summed E-state index contributed by atoms with van der Waals surface area (Å²) in [6.45, 7) is 7.73. The third-order valence-electron chi connectivity index (χ3n) is 4.29. The number of benzene rings is 1. The number of ether oxygens (including phenoxy) is 1. The minimum absolute atomic E-state index is 0.167. The summed E-state index contributed by atoms with van der Waals surface area (Å²) < 4.78 is 17.0. The molecule has 0 unspecified atom stereocenters. The molecule has 0 bridgehead atoms. The average Bonchev–Trinajstić information content (AvgIpc) is 2.65. The first-order chi connectivity index (χ1) is 10.2. The van der Waals surface area contributed by atoms with E-state index in [1.165, 1.54) is 0 Å². The Hall–Kier alpha value is -1.01. The van der Waals surface area contributed by atoms with Crippen LogP contribution in [0.3, 0.4) is 0 Å². The molecule has 1 aliphatic heterocycles. The maximum absolute atomic E-state index is 9.68. The quantitative estimate of drug-likeness (QED) is 0.863. The van der Waals surface area contributed by atoms with Crippen LogP contribution >= 0.6 is 11.6 Å².